The molecule has 2 aromatic heterocycles. The second-order valence-electron chi connectivity index (χ2n) is 9.90. The van der Waals surface area contributed by atoms with E-state index in [2.05, 4.69) is 0 Å². The lowest BCUT2D eigenvalue weighted by atomic mass is 9.56. The number of nitrogens with zero attached hydrogens (tertiary/aromatic N) is 2. The average molecular weight is 498 g/mol. The molecule has 0 unspecified atom stereocenters. The highest BCUT2D eigenvalue weighted by atomic mass is 19.4. The first-order valence-electron chi connectivity index (χ1n) is 11.4. The second kappa shape index (κ2) is 6.81. The van der Waals surface area contributed by atoms with E-state index in [-0.39, 0.29) is 16.9 Å². The van der Waals surface area contributed by atoms with Crippen LogP contribution in [-0.4, -0.2) is 21.7 Å². The van der Waals surface area contributed by atoms with Crippen molar-refractivity contribution in [3.05, 3.63) is 83.6 Å². The van der Waals surface area contributed by atoms with Crippen molar-refractivity contribution in [3.63, 3.8) is 0 Å². The van der Waals surface area contributed by atoms with Crippen molar-refractivity contribution in [1.82, 2.24) is 9.38 Å². The summed E-state index contributed by atoms with van der Waals surface area (Å²) in [6.07, 6.45) is -11.3. The van der Waals surface area contributed by atoms with Gasteiger partial charge in [-0.05, 0) is 17.9 Å². The molecular formula is C28H20F6N2. The van der Waals surface area contributed by atoms with E-state index in [0.29, 0.717) is 32.9 Å². The van der Waals surface area contributed by atoms with Crippen LogP contribution in [0.3, 0.4) is 0 Å². The third-order valence-corrected chi connectivity index (χ3v) is 7.76. The van der Waals surface area contributed by atoms with E-state index in [1.807, 2.05) is 0 Å². The highest BCUT2D eigenvalue weighted by molar-refractivity contribution is 6.15. The van der Waals surface area contributed by atoms with Crippen molar-refractivity contribution in [1.29, 1.82) is 0 Å². The number of pyridine rings is 1. The van der Waals surface area contributed by atoms with Crippen LogP contribution in [0.4, 0.5) is 26.3 Å². The summed E-state index contributed by atoms with van der Waals surface area (Å²) in [6, 6.07) is 17.8. The summed E-state index contributed by atoms with van der Waals surface area (Å²) < 4.78 is 92.1. The minimum Gasteiger partial charge on any atom is -0.295 e. The van der Waals surface area contributed by atoms with Crippen LogP contribution in [0.1, 0.15) is 30.7 Å². The van der Waals surface area contributed by atoms with Gasteiger partial charge in [-0.15, -0.1) is 0 Å². The summed E-state index contributed by atoms with van der Waals surface area (Å²) in [6.45, 7) is 3.77. The highest BCUT2D eigenvalue weighted by Crippen LogP contribution is 2.66. The van der Waals surface area contributed by atoms with Crippen LogP contribution >= 0.6 is 0 Å². The number of aromatic nitrogens is 2. The van der Waals surface area contributed by atoms with Gasteiger partial charge in [0.25, 0.3) is 0 Å². The highest BCUT2D eigenvalue weighted by Gasteiger charge is 2.80. The number of fused-ring (bicyclic) bond motifs is 3. The third kappa shape index (κ3) is 2.47. The molecule has 5 aromatic rings. The first kappa shape index (κ1) is 22.9. The second-order valence-corrected chi connectivity index (χ2v) is 9.90. The van der Waals surface area contributed by atoms with Gasteiger partial charge in [-0.3, -0.25) is 4.40 Å². The fourth-order valence-electron chi connectivity index (χ4n) is 6.34. The predicted molar refractivity (Wildman–Crippen MR) is 127 cm³/mol. The summed E-state index contributed by atoms with van der Waals surface area (Å²) in [5.41, 5.74) is -6.11. The maximum atomic E-state index is 15.1. The van der Waals surface area contributed by atoms with Crippen molar-refractivity contribution in [2.45, 2.75) is 44.0 Å². The van der Waals surface area contributed by atoms with Gasteiger partial charge in [-0.2, -0.15) is 26.3 Å². The van der Waals surface area contributed by atoms with Crippen LogP contribution in [0.5, 0.6) is 0 Å². The van der Waals surface area contributed by atoms with E-state index < -0.39 is 28.7 Å². The Kier molecular flexibility index (Phi) is 4.33. The molecule has 0 bridgehead atoms. The molecule has 36 heavy (non-hydrogen) atoms. The van der Waals surface area contributed by atoms with Crippen molar-refractivity contribution in [2.24, 2.45) is 0 Å². The SMILES string of the molecule is Cc1ccc2c3c1c1ccccc1c1nc(-c4ccccc4)c(n13)C(C)(C)C2(C(F)(F)F)C(F)(F)F. The lowest BCUT2D eigenvalue weighted by molar-refractivity contribution is -0.322. The first-order chi connectivity index (χ1) is 16.8. The Bertz CT molecular complexity index is 1680. The fraction of sp³-hybridized carbons (Fsp3) is 0.250. The molecule has 3 aromatic carbocycles. The Morgan fingerprint density at radius 1 is 0.750 bits per heavy atom. The number of aryl methyl sites for hydroxylation is 1. The topological polar surface area (TPSA) is 17.3 Å². The Balaban J connectivity index is 2.01. The molecule has 0 saturated heterocycles. The van der Waals surface area contributed by atoms with E-state index in [0.717, 1.165) is 19.9 Å². The summed E-state index contributed by atoms with van der Waals surface area (Å²) in [7, 11) is 0. The van der Waals surface area contributed by atoms with Crippen LogP contribution < -0.4 is 0 Å². The zero-order valence-corrected chi connectivity index (χ0v) is 19.5. The van der Waals surface area contributed by atoms with E-state index in [1.165, 1.54) is 10.5 Å². The molecule has 0 saturated carbocycles. The minimum absolute atomic E-state index is 0.0950. The minimum atomic E-state index is -5.64. The molecule has 6 rings (SSSR count). The number of halogens is 6. The molecule has 184 valence electrons. The average Bonchev–Trinajstić information content (AvgIpc) is 3.21. The molecule has 0 fully saturated rings. The molecule has 1 aliphatic rings. The molecule has 3 heterocycles. The number of imidazole rings is 1. The van der Waals surface area contributed by atoms with Gasteiger partial charge in [0.05, 0.1) is 16.9 Å². The number of benzene rings is 3. The summed E-state index contributed by atoms with van der Waals surface area (Å²) >= 11 is 0. The third-order valence-electron chi connectivity index (χ3n) is 7.76. The van der Waals surface area contributed by atoms with Crippen LogP contribution in [0, 0.1) is 6.92 Å². The Labute approximate surface area is 202 Å². The molecule has 0 atom stereocenters. The Hall–Kier alpha value is -3.55. The van der Waals surface area contributed by atoms with Gasteiger partial charge in [0, 0.05) is 27.3 Å². The maximum absolute atomic E-state index is 15.1. The predicted octanol–water partition coefficient (Wildman–Crippen LogP) is 8.27. The van der Waals surface area contributed by atoms with Crippen molar-refractivity contribution in [3.8, 4) is 11.3 Å². The Morgan fingerprint density at radius 2 is 1.33 bits per heavy atom. The van der Waals surface area contributed by atoms with Crippen LogP contribution in [0.2, 0.25) is 0 Å². The molecule has 2 nitrogen and oxygen atoms in total. The van der Waals surface area contributed by atoms with E-state index >= 15 is 26.3 Å². The van der Waals surface area contributed by atoms with Crippen molar-refractivity contribution >= 4 is 27.3 Å². The van der Waals surface area contributed by atoms with E-state index in [1.54, 1.807) is 61.5 Å². The zero-order valence-electron chi connectivity index (χ0n) is 19.5. The first-order valence-corrected chi connectivity index (χ1v) is 11.4. The van der Waals surface area contributed by atoms with Crippen LogP contribution in [0.15, 0.2) is 66.7 Å². The van der Waals surface area contributed by atoms with Crippen LogP contribution in [0.25, 0.3) is 38.6 Å². The molecule has 0 N–H and O–H groups in total. The smallest absolute Gasteiger partial charge is 0.295 e. The lowest BCUT2D eigenvalue weighted by Gasteiger charge is -2.51. The lowest BCUT2D eigenvalue weighted by Crippen LogP contribution is -2.66. The number of alkyl halides is 6. The van der Waals surface area contributed by atoms with E-state index in [9.17, 15) is 0 Å². The van der Waals surface area contributed by atoms with Crippen LogP contribution in [-0.2, 0) is 10.8 Å². The normalized spacial score (nSPS) is 16.9. The number of hydrogen-bond donors (Lipinski definition) is 0. The Morgan fingerprint density at radius 3 is 1.94 bits per heavy atom. The standard InChI is InChI=1S/C28H20F6N2/c1-15-13-14-19-22-20(15)17-11-7-8-12-18(17)24-35-21(16-9-5-4-6-10-16)23(36(22)24)25(2,3)26(19,27(29,30)31)28(32,33)34/h4-14H,1-3H3. The van der Waals surface area contributed by atoms with Crippen molar-refractivity contribution < 1.29 is 26.3 Å². The zero-order chi connectivity index (χ0) is 25.8. The largest absolute Gasteiger partial charge is 0.408 e. The quantitative estimate of drug-likeness (QED) is 0.168. The molecule has 0 spiro atoms. The maximum Gasteiger partial charge on any atom is 0.408 e. The number of rotatable bonds is 1. The van der Waals surface area contributed by atoms with Gasteiger partial charge in [0.2, 0.25) is 0 Å². The molecule has 0 aliphatic carbocycles. The fourth-order valence-corrected chi connectivity index (χ4v) is 6.34. The van der Waals surface area contributed by atoms with Gasteiger partial charge >= 0.3 is 12.4 Å². The number of hydrogen-bond acceptors (Lipinski definition) is 1. The summed E-state index contributed by atoms with van der Waals surface area (Å²) in [4.78, 5) is 4.75. The summed E-state index contributed by atoms with van der Waals surface area (Å²) in [5.74, 6) is 0. The summed E-state index contributed by atoms with van der Waals surface area (Å²) in [5, 5.41) is 1.59. The molecule has 1 aliphatic heterocycles. The van der Waals surface area contributed by atoms with Gasteiger partial charge in [0.15, 0.2) is 5.41 Å². The van der Waals surface area contributed by atoms with Crippen molar-refractivity contribution in [2.75, 3.05) is 0 Å². The monoisotopic (exact) mass is 498 g/mol. The van der Waals surface area contributed by atoms with Gasteiger partial charge in [-0.25, -0.2) is 4.98 Å². The molecule has 8 heteroatoms. The van der Waals surface area contributed by atoms with Gasteiger partial charge in [-0.1, -0.05) is 80.6 Å². The van der Waals surface area contributed by atoms with Gasteiger partial charge < -0.3 is 0 Å². The van der Waals surface area contributed by atoms with Gasteiger partial charge in [0.1, 0.15) is 5.65 Å². The molecular weight excluding hydrogens is 478 g/mol. The molecule has 0 radical (unpaired) electrons. The van der Waals surface area contributed by atoms with E-state index in [4.69, 9.17) is 4.98 Å². The molecule has 0 amide bonds.